The van der Waals surface area contributed by atoms with Crippen molar-refractivity contribution in [1.82, 2.24) is 9.21 Å². The predicted molar refractivity (Wildman–Crippen MR) is 162 cm³/mol. The summed E-state index contributed by atoms with van der Waals surface area (Å²) in [5, 5.41) is 1.63. The van der Waals surface area contributed by atoms with Crippen LogP contribution in [0.3, 0.4) is 0 Å². The Balaban J connectivity index is 1.35. The molecule has 11 heteroatoms. The molecular formula is C32H36ClF2N3O4S. The van der Waals surface area contributed by atoms with Crippen LogP contribution >= 0.6 is 11.6 Å². The van der Waals surface area contributed by atoms with Crippen molar-refractivity contribution in [2.45, 2.75) is 92.5 Å². The predicted octanol–water partition coefficient (Wildman–Crippen LogP) is 6.08. The lowest BCUT2D eigenvalue weighted by Crippen LogP contribution is -2.61. The van der Waals surface area contributed by atoms with Crippen LogP contribution in [0.2, 0.25) is 5.02 Å². The van der Waals surface area contributed by atoms with E-state index in [-0.39, 0.29) is 34.1 Å². The van der Waals surface area contributed by atoms with Crippen molar-refractivity contribution >= 4 is 38.3 Å². The average molecular weight is 632 g/mol. The molecule has 1 saturated carbocycles. The highest BCUT2D eigenvalue weighted by atomic mass is 35.5. The van der Waals surface area contributed by atoms with Crippen LogP contribution in [0.5, 0.6) is 5.75 Å². The third kappa shape index (κ3) is 5.75. The number of carbonyl (C=O) groups excluding carboxylic acids is 1. The minimum Gasteiger partial charge on any atom is -0.490 e. The highest BCUT2D eigenvalue weighted by Gasteiger charge is 2.56. The van der Waals surface area contributed by atoms with Crippen molar-refractivity contribution in [2.24, 2.45) is 5.73 Å². The molecule has 3 atom stereocenters. The van der Waals surface area contributed by atoms with Gasteiger partial charge in [-0.2, -0.15) is 13.1 Å². The van der Waals surface area contributed by atoms with Crippen LogP contribution in [0, 0.1) is 0 Å². The van der Waals surface area contributed by atoms with Gasteiger partial charge in [0, 0.05) is 35.8 Å². The Kier molecular flexibility index (Phi) is 8.17. The number of rotatable bonds is 8. The van der Waals surface area contributed by atoms with Gasteiger partial charge in [-0.1, -0.05) is 35.9 Å². The largest absolute Gasteiger partial charge is 0.490 e. The van der Waals surface area contributed by atoms with Gasteiger partial charge in [-0.25, -0.2) is 8.42 Å². The number of nitrogens with zero attached hydrogens (tertiary/aromatic N) is 2. The van der Waals surface area contributed by atoms with Crippen LogP contribution in [-0.4, -0.2) is 60.8 Å². The van der Waals surface area contributed by atoms with E-state index in [1.54, 1.807) is 18.2 Å². The summed E-state index contributed by atoms with van der Waals surface area (Å²) in [6.45, 7) is 0. The quantitative estimate of drug-likeness (QED) is 0.326. The minimum absolute atomic E-state index is 0.125. The highest BCUT2D eigenvalue weighted by Crippen LogP contribution is 2.42. The van der Waals surface area contributed by atoms with Crippen LogP contribution in [0.25, 0.3) is 10.8 Å². The van der Waals surface area contributed by atoms with E-state index in [9.17, 15) is 13.2 Å². The van der Waals surface area contributed by atoms with Crippen molar-refractivity contribution < 1.29 is 26.7 Å². The summed E-state index contributed by atoms with van der Waals surface area (Å²) in [6, 6.07) is 11.7. The Morgan fingerprint density at radius 3 is 2.23 bits per heavy atom. The lowest BCUT2D eigenvalue weighted by atomic mass is 9.94. The van der Waals surface area contributed by atoms with Crippen molar-refractivity contribution in [2.75, 3.05) is 7.05 Å². The molecule has 6 rings (SSSR count). The number of ether oxygens (including phenoxy) is 1. The molecule has 3 fully saturated rings. The molecule has 2 heterocycles. The SMILES string of the molecule is CN(C(C(=O)N1C2CCC1CC(N)C2)C(F)(F)c1ccc(Cl)cc1)S(=O)(=O)c1ccc2cc(OC3CCCC3)ccc2c1. The molecule has 2 bridgehead atoms. The molecule has 3 aromatic rings. The highest BCUT2D eigenvalue weighted by molar-refractivity contribution is 7.89. The first-order valence-corrected chi connectivity index (χ1v) is 16.7. The van der Waals surface area contributed by atoms with E-state index in [0.717, 1.165) is 50.2 Å². The number of amides is 1. The second kappa shape index (κ2) is 11.6. The molecule has 0 aromatic heterocycles. The van der Waals surface area contributed by atoms with Gasteiger partial charge in [-0.3, -0.25) is 4.79 Å². The normalized spacial score (nSPS) is 23.7. The number of benzene rings is 3. The Morgan fingerprint density at radius 2 is 1.58 bits per heavy atom. The van der Waals surface area contributed by atoms with E-state index in [2.05, 4.69) is 0 Å². The van der Waals surface area contributed by atoms with Crippen LogP contribution in [-0.2, 0) is 20.7 Å². The second-order valence-electron chi connectivity index (χ2n) is 12.1. The molecule has 2 saturated heterocycles. The fourth-order valence-electron chi connectivity index (χ4n) is 7.03. The topological polar surface area (TPSA) is 92.9 Å². The Labute approximate surface area is 256 Å². The van der Waals surface area contributed by atoms with Gasteiger partial charge in [0.25, 0.3) is 5.92 Å². The summed E-state index contributed by atoms with van der Waals surface area (Å²) >= 11 is 5.95. The maximum atomic E-state index is 16.4. The van der Waals surface area contributed by atoms with Crippen LogP contribution < -0.4 is 10.5 Å². The van der Waals surface area contributed by atoms with E-state index in [4.69, 9.17) is 22.1 Å². The molecule has 230 valence electrons. The van der Waals surface area contributed by atoms with Gasteiger partial charge in [0.15, 0.2) is 6.04 Å². The van der Waals surface area contributed by atoms with E-state index < -0.39 is 33.5 Å². The zero-order valence-corrected chi connectivity index (χ0v) is 25.5. The van der Waals surface area contributed by atoms with E-state index in [1.807, 2.05) is 6.07 Å². The summed E-state index contributed by atoms with van der Waals surface area (Å²) < 4.78 is 67.5. The number of hydrogen-bond donors (Lipinski definition) is 1. The number of fused-ring (bicyclic) bond motifs is 3. The molecule has 2 N–H and O–H groups in total. The molecule has 7 nitrogen and oxygen atoms in total. The number of carbonyl (C=O) groups is 1. The molecule has 43 heavy (non-hydrogen) atoms. The smallest absolute Gasteiger partial charge is 0.298 e. The number of likely N-dealkylation sites (N-methyl/N-ethyl adjacent to an activating group) is 1. The fraction of sp³-hybridized carbons (Fsp3) is 0.469. The number of piperidine rings is 1. The summed E-state index contributed by atoms with van der Waals surface area (Å²) in [5.74, 6) is -4.07. The number of hydrogen-bond acceptors (Lipinski definition) is 5. The van der Waals surface area contributed by atoms with Gasteiger partial charge in [0.1, 0.15) is 5.75 Å². The molecule has 2 aliphatic heterocycles. The summed E-state index contributed by atoms with van der Waals surface area (Å²) in [6.07, 6.45) is 6.76. The first kappa shape index (κ1) is 30.2. The Morgan fingerprint density at radius 1 is 0.977 bits per heavy atom. The summed E-state index contributed by atoms with van der Waals surface area (Å²) in [4.78, 5) is 15.4. The maximum Gasteiger partial charge on any atom is 0.298 e. The third-order valence-corrected chi connectivity index (χ3v) is 11.3. The monoisotopic (exact) mass is 631 g/mol. The average Bonchev–Trinajstić information content (AvgIpc) is 3.58. The zero-order chi connectivity index (χ0) is 30.5. The van der Waals surface area contributed by atoms with Gasteiger partial charge < -0.3 is 15.4 Å². The molecule has 3 unspecified atom stereocenters. The van der Waals surface area contributed by atoms with E-state index in [1.165, 1.54) is 29.2 Å². The second-order valence-corrected chi connectivity index (χ2v) is 14.5. The maximum absolute atomic E-state index is 16.4. The molecule has 0 spiro atoms. The third-order valence-electron chi connectivity index (χ3n) is 9.26. The van der Waals surface area contributed by atoms with Crippen molar-refractivity contribution in [3.05, 3.63) is 71.2 Å². The first-order valence-electron chi connectivity index (χ1n) is 14.9. The van der Waals surface area contributed by atoms with E-state index in [0.29, 0.717) is 41.1 Å². The molecular weight excluding hydrogens is 596 g/mol. The van der Waals surface area contributed by atoms with Crippen LogP contribution in [0.15, 0.2) is 65.6 Å². The lowest BCUT2D eigenvalue weighted by molar-refractivity contribution is -0.154. The van der Waals surface area contributed by atoms with Crippen molar-refractivity contribution in [3.8, 4) is 5.75 Å². The molecule has 0 radical (unpaired) electrons. The number of halogens is 3. The molecule has 3 aliphatic rings. The Hall–Kier alpha value is -2.79. The van der Waals surface area contributed by atoms with Gasteiger partial charge >= 0.3 is 0 Å². The number of sulfonamides is 1. The van der Waals surface area contributed by atoms with Crippen molar-refractivity contribution in [1.29, 1.82) is 0 Å². The van der Waals surface area contributed by atoms with E-state index >= 15 is 8.78 Å². The lowest BCUT2D eigenvalue weighted by Gasteiger charge is -2.42. The molecule has 1 aliphatic carbocycles. The summed E-state index contributed by atoms with van der Waals surface area (Å²) in [7, 11) is -3.49. The summed E-state index contributed by atoms with van der Waals surface area (Å²) in [5.41, 5.74) is 5.68. The fourth-order valence-corrected chi connectivity index (χ4v) is 8.50. The first-order chi connectivity index (χ1) is 20.4. The van der Waals surface area contributed by atoms with Gasteiger partial charge in [-0.15, -0.1) is 0 Å². The van der Waals surface area contributed by atoms with Gasteiger partial charge in [0.05, 0.1) is 11.0 Å². The van der Waals surface area contributed by atoms with Crippen LogP contribution in [0.1, 0.15) is 56.9 Å². The zero-order valence-electron chi connectivity index (χ0n) is 24.0. The Bertz CT molecular complexity index is 1600. The minimum atomic E-state index is -4.54. The van der Waals surface area contributed by atoms with Gasteiger partial charge in [-0.05, 0) is 98.5 Å². The van der Waals surface area contributed by atoms with Gasteiger partial charge in [0.2, 0.25) is 15.9 Å². The van der Waals surface area contributed by atoms with Crippen LogP contribution in [0.4, 0.5) is 8.78 Å². The standard InChI is InChI=1S/C32H36ClF2N3O4S/c1-37(43(40,41)29-15-7-20-16-28(14-6-21(20)17-29)42-27-4-2-3-5-27)30(32(34,35)22-8-10-23(33)11-9-22)31(39)38-25-12-13-26(38)19-24(36)18-25/h6-11,14-17,24-27,30H,2-5,12-13,18-19,36H2,1H3. The molecule has 1 amide bonds. The molecule has 3 aromatic carbocycles. The van der Waals surface area contributed by atoms with Crippen molar-refractivity contribution in [3.63, 3.8) is 0 Å². The number of nitrogens with two attached hydrogens (primary N) is 1. The number of alkyl halides is 2.